The summed E-state index contributed by atoms with van der Waals surface area (Å²) in [6.45, 7) is 2.68. The van der Waals surface area contributed by atoms with Crippen molar-refractivity contribution in [2.75, 3.05) is 0 Å². The number of halogens is 1. The summed E-state index contributed by atoms with van der Waals surface area (Å²) in [6.07, 6.45) is 0. The summed E-state index contributed by atoms with van der Waals surface area (Å²) >= 11 is 3.10. The standard InChI is InChI=1S/C11H12BrNO5S/c1-5-8(12)3-7(11(15)16)4-9(5)19(17,18)6(2)10(13)14/h3-4,6H,1-2H3,(H2,13,14)(H,15,16). The number of hydrogen-bond acceptors (Lipinski definition) is 4. The Morgan fingerprint density at radius 2 is 1.89 bits per heavy atom. The first-order chi connectivity index (χ1) is 8.59. The SMILES string of the molecule is Cc1c(Br)cc(C(=O)O)cc1S(=O)(=O)C(C)C(N)=O. The van der Waals surface area contributed by atoms with Gasteiger partial charge < -0.3 is 10.8 Å². The fourth-order valence-electron chi connectivity index (χ4n) is 1.42. The summed E-state index contributed by atoms with van der Waals surface area (Å²) in [5, 5.41) is 7.50. The van der Waals surface area contributed by atoms with Gasteiger partial charge in [0.15, 0.2) is 9.84 Å². The molecule has 0 heterocycles. The van der Waals surface area contributed by atoms with Crippen molar-refractivity contribution in [2.24, 2.45) is 5.73 Å². The fraction of sp³-hybridized carbons (Fsp3) is 0.273. The van der Waals surface area contributed by atoms with Crippen LogP contribution in [0.5, 0.6) is 0 Å². The molecular formula is C11H12BrNO5S. The van der Waals surface area contributed by atoms with Crippen molar-refractivity contribution in [3.8, 4) is 0 Å². The number of carbonyl (C=O) groups excluding carboxylic acids is 1. The lowest BCUT2D eigenvalue weighted by molar-refractivity contribution is -0.117. The van der Waals surface area contributed by atoms with Crippen LogP contribution in [0.2, 0.25) is 0 Å². The first-order valence-corrected chi connectivity index (χ1v) is 7.49. The zero-order valence-electron chi connectivity index (χ0n) is 10.2. The largest absolute Gasteiger partial charge is 0.478 e. The van der Waals surface area contributed by atoms with Crippen LogP contribution in [0.25, 0.3) is 0 Å². The van der Waals surface area contributed by atoms with Crippen LogP contribution in [0.3, 0.4) is 0 Å². The molecule has 1 rings (SSSR count). The van der Waals surface area contributed by atoms with Gasteiger partial charge in [-0.15, -0.1) is 0 Å². The minimum atomic E-state index is -4.02. The molecule has 1 unspecified atom stereocenters. The minimum Gasteiger partial charge on any atom is -0.478 e. The van der Waals surface area contributed by atoms with E-state index in [4.69, 9.17) is 10.8 Å². The quantitative estimate of drug-likeness (QED) is 0.844. The van der Waals surface area contributed by atoms with Crippen LogP contribution in [0.4, 0.5) is 0 Å². The molecule has 0 saturated carbocycles. The maximum atomic E-state index is 12.2. The molecule has 8 heteroatoms. The van der Waals surface area contributed by atoms with E-state index in [2.05, 4.69) is 15.9 Å². The van der Waals surface area contributed by atoms with E-state index >= 15 is 0 Å². The molecule has 0 fully saturated rings. The second-order valence-electron chi connectivity index (χ2n) is 3.98. The number of carboxylic acids is 1. The van der Waals surface area contributed by atoms with Gasteiger partial charge in [-0.05, 0) is 31.5 Å². The molecule has 1 aromatic carbocycles. The number of amides is 1. The van der Waals surface area contributed by atoms with Crippen molar-refractivity contribution in [3.05, 3.63) is 27.7 Å². The van der Waals surface area contributed by atoms with Crippen LogP contribution >= 0.6 is 15.9 Å². The number of hydrogen-bond donors (Lipinski definition) is 2. The van der Waals surface area contributed by atoms with Gasteiger partial charge in [0.2, 0.25) is 5.91 Å². The smallest absolute Gasteiger partial charge is 0.335 e. The fourth-order valence-corrected chi connectivity index (χ4v) is 3.52. The summed E-state index contributed by atoms with van der Waals surface area (Å²) in [5.74, 6) is -2.25. The Labute approximate surface area is 118 Å². The molecule has 0 spiro atoms. The van der Waals surface area contributed by atoms with Crippen molar-refractivity contribution >= 4 is 37.6 Å². The van der Waals surface area contributed by atoms with Gasteiger partial charge in [-0.25, -0.2) is 13.2 Å². The molecule has 0 bridgehead atoms. The number of benzene rings is 1. The molecule has 1 aromatic rings. The maximum Gasteiger partial charge on any atom is 0.335 e. The molecule has 6 nitrogen and oxygen atoms in total. The van der Waals surface area contributed by atoms with Crippen LogP contribution in [0.15, 0.2) is 21.5 Å². The lowest BCUT2D eigenvalue weighted by Gasteiger charge is -2.13. The Kier molecular flexibility index (Phi) is 4.36. The van der Waals surface area contributed by atoms with Crippen LogP contribution in [-0.4, -0.2) is 30.7 Å². The molecule has 0 saturated heterocycles. The highest BCUT2D eigenvalue weighted by Gasteiger charge is 2.30. The third kappa shape index (κ3) is 2.95. The average Bonchev–Trinajstić information content (AvgIpc) is 2.30. The average molecular weight is 350 g/mol. The topological polar surface area (TPSA) is 115 Å². The molecule has 1 amide bonds. The minimum absolute atomic E-state index is 0.187. The second-order valence-corrected chi connectivity index (χ2v) is 7.07. The molecule has 0 aliphatic carbocycles. The van der Waals surface area contributed by atoms with Crippen molar-refractivity contribution < 1.29 is 23.1 Å². The maximum absolute atomic E-state index is 12.2. The third-order valence-electron chi connectivity index (χ3n) is 2.72. The Morgan fingerprint density at radius 3 is 2.32 bits per heavy atom. The summed E-state index contributed by atoms with van der Waals surface area (Å²) in [5.41, 5.74) is 5.14. The van der Waals surface area contributed by atoms with E-state index in [-0.39, 0.29) is 10.5 Å². The van der Waals surface area contributed by atoms with Crippen molar-refractivity contribution in [1.82, 2.24) is 0 Å². The van der Waals surface area contributed by atoms with Crippen molar-refractivity contribution in [1.29, 1.82) is 0 Å². The first kappa shape index (κ1) is 15.6. The predicted molar refractivity (Wildman–Crippen MR) is 71.7 cm³/mol. The zero-order valence-corrected chi connectivity index (χ0v) is 12.6. The zero-order chi connectivity index (χ0) is 15.0. The molecule has 104 valence electrons. The molecule has 0 radical (unpaired) electrons. The van der Waals surface area contributed by atoms with Crippen LogP contribution in [0, 0.1) is 6.92 Å². The number of rotatable bonds is 4. The monoisotopic (exact) mass is 349 g/mol. The Bertz CT molecular complexity index is 653. The van der Waals surface area contributed by atoms with E-state index in [1.165, 1.54) is 19.9 Å². The van der Waals surface area contributed by atoms with Crippen LogP contribution in [0.1, 0.15) is 22.8 Å². The number of carbonyl (C=O) groups is 2. The number of aromatic carboxylic acids is 1. The number of carboxylic acid groups (broad SMARTS) is 1. The highest BCUT2D eigenvalue weighted by atomic mass is 79.9. The Hall–Kier alpha value is -1.41. The second kappa shape index (κ2) is 5.30. The van der Waals surface area contributed by atoms with E-state index in [1.54, 1.807) is 0 Å². The Balaban J connectivity index is 3.59. The highest BCUT2D eigenvalue weighted by molar-refractivity contribution is 9.10. The van der Waals surface area contributed by atoms with Gasteiger partial charge in [0, 0.05) is 4.47 Å². The van der Waals surface area contributed by atoms with Gasteiger partial charge in [-0.1, -0.05) is 15.9 Å². The van der Waals surface area contributed by atoms with Crippen molar-refractivity contribution in [3.63, 3.8) is 0 Å². The molecule has 19 heavy (non-hydrogen) atoms. The van der Waals surface area contributed by atoms with Crippen molar-refractivity contribution in [2.45, 2.75) is 24.0 Å². The van der Waals surface area contributed by atoms with Crippen LogP contribution in [-0.2, 0) is 14.6 Å². The van der Waals surface area contributed by atoms with E-state index in [9.17, 15) is 18.0 Å². The molecule has 0 aliphatic heterocycles. The molecule has 3 N–H and O–H groups in total. The van der Waals surface area contributed by atoms with Gasteiger partial charge in [-0.3, -0.25) is 4.79 Å². The van der Waals surface area contributed by atoms with Gasteiger partial charge in [0.25, 0.3) is 0 Å². The highest BCUT2D eigenvalue weighted by Crippen LogP contribution is 2.28. The van der Waals surface area contributed by atoms with E-state index in [0.29, 0.717) is 10.0 Å². The van der Waals surface area contributed by atoms with E-state index < -0.39 is 27.0 Å². The number of nitrogens with two attached hydrogens (primary N) is 1. The first-order valence-electron chi connectivity index (χ1n) is 5.15. The summed E-state index contributed by atoms with van der Waals surface area (Å²) in [4.78, 5) is 21.8. The number of sulfone groups is 1. The van der Waals surface area contributed by atoms with Gasteiger partial charge >= 0.3 is 5.97 Å². The van der Waals surface area contributed by atoms with Gasteiger partial charge in [0.05, 0.1) is 10.5 Å². The summed E-state index contributed by atoms with van der Waals surface area (Å²) < 4.78 is 24.7. The summed E-state index contributed by atoms with van der Waals surface area (Å²) in [7, 11) is -4.02. The molecule has 0 aromatic heterocycles. The van der Waals surface area contributed by atoms with E-state index in [1.807, 2.05) is 0 Å². The normalized spacial score (nSPS) is 13.0. The van der Waals surface area contributed by atoms with Crippen LogP contribution < -0.4 is 5.73 Å². The molecule has 0 aliphatic rings. The molecule has 1 atom stereocenters. The third-order valence-corrected chi connectivity index (χ3v) is 5.74. The lowest BCUT2D eigenvalue weighted by Crippen LogP contribution is -2.33. The van der Waals surface area contributed by atoms with Gasteiger partial charge in [0.1, 0.15) is 5.25 Å². The number of primary amides is 1. The lowest BCUT2D eigenvalue weighted by atomic mass is 10.1. The molecular weight excluding hydrogens is 338 g/mol. The Morgan fingerprint density at radius 1 is 1.37 bits per heavy atom. The van der Waals surface area contributed by atoms with Gasteiger partial charge in [-0.2, -0.15) is 0 Å². The van der Waals surface area contributed by atoms with E-state index in [0.717, 1.165) is 6.07 Å². The summed E-state index contributed by atoms with van der Waals surface area (Å²) in [6, 6.07) is 2.32. The predicted octanol–water partition coefficient (Wildman–Crippen LogP) is 1.10.